The van der Waals surface area contributed by atoms with Crippen LogP contribution < -0.4 is 10.3 Å². The number of carbonyl (C=O) groups is 1. The van der Waals surface area contributed by atoms with Crippen molar-refractivity contribution in [2.45, 2.75) is 11.5 Å². The average molecular weight is 362 g/mol. The van der Waals surface area contributed by atoms with E-state index in [4.69, 9.17) is 9.47 Å². The van der Waals surface area contributed by atoms with Crippen molar-refractivity contribution >= 4 is 34.0 Å². The number of esters is 1. The van der Waals surface area contributed by atoms with Gasteiger partial charge in [0.25, 0.3) is 5.56 Å². The Morgan fingerprint density at radius 2 is 2.21 bits per heavy atom. The number of ether oxygens (including phenoxy) is 2. The van der Waals surface area contributed by atoms with Crippen molar-refractivity contribution < 1.29 is 14.3 Å². The van der Waals surface area contributed by atoms with Crippen LogP contribution in [-0.4, -0.2) is 28.7 Å². The first-order chi connectivity index (χ1) is 11.6. The summed E-state index contributed by atoms with van der Waals surface area (Å²) in [6.07, 6.45) is 3.60. The Hall–Kier alpha value is -2.32. The highest BCUT2D eigenvalue weighted by Crippen LogP contribution is 2.26. The van der Waals surface area contributed by atoms with Crippen molar-refractivity contribution in [3.05, 3.63) is 57.5 Å². The van der Waals surface area contributed by atoms with E-state index in [2.05, 4.69) is 4.98 Å². The molecule has 0 radical (unpaired) electrons. The number of fused-ring (bicyclic) bond motifs is 1. The summed E-state index contributed by atoms with van der Waals surface area (Å²) in [6.45, 7) is -0.0735. The molecule has 1 aromatic carbocycles. The first-order valence-corrected chi connectivity index (χ1v) is 9.07. The summed E-state index contributed by atoms with van der Waals surface area (Å²) in [4.78, 5) is 30.0. The molecule has 0 spiro atoms. The van der Waals surface area contributed by atoms with Gasteiger partial charge in [-0.15, -0.1) is 23.1 Å². The van der Waals surface area contributed by atoms with Gasteiger partial charge in [-0.2, -0.15) is 0 Å². The predicted octanol–water partition coefficient (Wildman–Crippen LogP) is 2.84. The highest BCUT2D eigenvalue weighted by atomic mass is 32.2. The largest absolute Gasteiger partial charge is 0.496 e. The number of benzene rings is 1. The van der Waals surface area contributed by atoms with Crippen LogP contribution in [0.25, 0.3) is 4.96 Å². The predicted molar refractivity (Wildman–Crippen MR) is 93.2 cm³/mol. The summed E-state index contributed by atoms with van der Waals surface area (Å²) >= 11 is 2.90. The molecule has 8 heteroatoms. The normalized spacial score (nSPS) is 10.8. The van der Waals surface area contributed by atoms with Crippen molar-refractivity contribution in [1.82, 2.24) is 9.38 Å². The Labute approximate surface area is 146 Å². The van der Waals surface area contributed by atoms with Crippen LogP contribution in [-0.2, 0) is 11.3 Å². The molecule has 124 valence electrons. The fourth-order valence-electron chi connectivity index (χ4n) is 2.15. The van der Waals surface area contributed by atoms with Crippen molar-refractivity contribution in [3.63, 3.8) is 0 Å². The molecule has 3 rings (SSSR count). The molecule has 0 N–H and O–H groups in total. The smallest absolute Gasteiger partial charge is 0.342 e. The van der Waals surface area contributed by atoms with Gasteiger partial charge < -0.3 is 9.47 Å². The maximum absolute atomic E-state index is 12.3. The molecule has 2 heterocycles. The highest BCUT2D eigenvalue weighted by molar-refractivity contribution is 7.98. The number of hydrogen-bond donors (Lipinski definition) is 0. The fraction of sp³-hybridized carbons (Fsp3) is 0.188. The fourth-order valence-corrected chi connectivity index (χ4v) is 3.31. The number of nitrogens with zero attached hydrogens (tertiary/aromatic N) is 2. The van der Waals surface area contributed by atoms with Crippen molar-refractivity contribution in [3.8, 4) is 5.75 Å². The second kappa shape index (κ2) is 7.06. The van der Waals surface area contributed by atoms with Gasteiger partial charge >= 0.3 is 5.97 Å². The quantitative estimate of drug-likeness (QED) is 0.513. The SMILES string of the molecule is COc1cc(SC)ccc1C(=O)OCc1cc(=O)n2ccsc2n1. The van der Waals surface area contributed by atoms with Crippen LogP contribution in [0.1, 0.15) is 16.1 Å². The zero-order valence-corrected chi connectivity index (χ0v) is 14.6. The van der Waals surface area contributed by atoms with Gasteiger partial charge in [0.1, 0.15) is 17.9 Å². The van der Waals surface area contributed by atoms with Crippen molar-refractivity contribution in [1.29, 1.82) is 0 Å². The van der Waals surface area contributed by atoms with E-state index in [0.717, 1.165) is 4.90 Å². The maximum atomic E-state index is 12.3. The molecule has 0 aliphatic rings. The molecule has 0 atom stereocenters. The number of thioether (sulfide) groups is 1. The minimum absolute atomic E-state index is 0.0735. The summed E-state index contributed by atoms with van der Waals surface area (Å²) in [5.74, 6) is -0.0683. The van der Waals surface area contributed by atoms with Gasteiger partial charge in [0.15, 0.2) is 4.96 Å². The van der Waals surface area contributed by atoms with Crippen LogP contribution in [0.3, 0.4) is 0 Å². The molecule has 0 unspecified atom stereocenters. The number of methoxy groups -OCH3 is 1. The molecule has 6 nitrogen and oxygen atoms in total. The maximum Gasteiger partial charge on any atom is 0.342 e. The van der Waals surface area contributed by atoms with Gasteiger partial charge in [-0.3, -0.25) is 9.20 Å². The summed E-state index contributed by atoms with van der Waals surface area (Å²) in [6, 6.07) is 6.63. The molecule has 0 aliphatic carbocycles. The Morgan fingerprint density at radius 3 is 2.96 bits per heavy atom. The van der Waals surface area contributed by atoms with E-state index >= 15 is 0 Å². The second-order valence-electron chi connectivity index (χ2n) is 4.78. The molecule has 0 saturated carbocycles. The van der Waals surface area contributed by atoms with Crippen molar-refractivity contribution in [2.24, 2.45) is 0 Å². The van der Waals surface area contributed by atoms with Gasteiger partial charge in [0.2, 0.25) is 0 Å². The molecule has 0 aliphatic heterocycles. The molecule has 0 bridgehead atoms. The third-order valence-corrected chi connectivity index (χ3v) is 4.82. The summed E-state index contributed by atoms with van der Waals surface area (Å²) < 4.78 is 12.0. The van der Waals surface area contributed by atoms with Gasteiger partial charge in [-0.1, -0.05) is 0 Å². The second-order valence-corrected chi connectivity index (χ2v) is 6.54. The molecule has 3 aromatic rings. The van der Waals surface area contributed by atoms with E-state index in [1.165, 1.54) is 28.9 Å². The van der Waals surface area contributed by atoms with Gasteiger partial charge in [0, 0.05) is 22.5 Å². The van der Waals surface area contributed by atoms with Crippen LogP contribution >= 0.6 is 23.1 Å². The standard InChI is InChI=1S/C16H14N2O4S2/c1-21-13-8-11(23-2)3-4-12(13)15(20)22-9-10-7-14(19)18-5-6-24-16(18)17-10/h3-8H,9H2,1-2H3. The first kappa shape index (κ1) is 16.5. The van der Waals surface area contributed by atoms with E-state index < -0.39 is 5.97 Å². The topological polar surface area (TPSA) is 69.9 Å². The highest BCUT2D eigenvalue weighted by Gasteiger charge is 2.15. The Morgan fingerprint density at radius 1 is 1.38 bits per heavy atom. The Bertz CT molecular complexity index is 949. The molecule has 0 amide bonds. The average Bonchev–Trinajstić information content (AvgIpc) is 3.08. The lowest BCUT2D eigenvalue weighted by molar-refractivity contribution is 0.0464. The van der Waals surface area contributed by atoms with Crippen LogP contribution in [0.15, 0.2) is 45.5 Å². The van der Waals surface area contributed by atoms with E-state index in [1.807, 2.05) is 12.3 Å². The molecule has 0 saturated heterocycles. The molecular weight excluding hydrogens is 348 g/mol. The van der Waals surface area contributed by atoms with E-state index in [0.29, 0.717) is 22.0 Å². The third kappa shape index (κ3) is 3.29. The zero-order chi connectivity index (χ0) is 17.1. The summed E-state index contributed by atoms with van der Waals surface area (Å²) in [5.41, 5.74) is 0.550. The number of carbonyl (C=O) groups excluding carboxylic acids is 1. The van der Waals surface area contributed by atoms with Crippen LogP contribution in [0.4, 0.5) is 0 Å². The van der Waals surface area contributed by atoms with Crippen LogP contribution in [0.2, 0.25) is 0 Å². The van der Waals surface area contributed by atoms with Gasteiger partial charge in [-0.25, -0.2) is 9.78 Å². The third-order valence-electron chi connectivity index (χ3n) is 3.34. The van der Waals surface area contributed by atoms with E-state index in [-0.39, 0.29) is 12.2 Å². The Kier molecular flexibility index (Phi) is 4.86. The number of rotatable bonds is 5. The summed E-state index contributed by atoms with van der Waals surface area (Å²) in [7, 11) is 1.50. The van der Waals surface area contributed by atoms with Crippen LogP contribution in [0, 0.1) is 0 Å². The lowest BCUT2D eigenvalue weighted by atomic mass is 10.2. The molecular formula is C16H14N2O4S2. The number of hydrogen-bond acceptors (Lipinski definition) is 7. The minimum atomic E-state index is -0.521. The zero-order valence-electron chi connectivity index (χ0n) is 13.0. The van der Waals surface area contributed by atoms with Gasteiger partial charge in [-0.05, 0) is 24.5 Å². The molecule has 24 heavy (non-hydrogen) atoms. The first-order valence-electron chi connectivity index (χ1n) is 6.97. The monoisotopic (exact) mass is 362 g/mol. The van der Waals surface area contributed by atoms with Crippen LogP contribution in [0.5, 0.6) is 5.75 Å². The van der Waals surface area contributed by atoms with Crippen molar-refractivity contribution in [2.75, 3.05) is 13.4 Å². The minimum Gasteiger partial charge on any atom is -0.496 e. The molecule has 0 fully saturated rings. The van der Waals surface area contributed by atoms with E-state index in [9.17, 15) is 9.59 Å². The lowest BCUT2D eigenvalue weighted by Gasteiger charge is -2.10. The number of aromatic nitrogens is 2. The number of thiazole rings is 1. The lowest BCUT2D eigenvalue weighted by Crippen LogP contribution is -2.15. The van der Waals surface area contributed by atoms with Gasteiger partial charge in [0.05, 0.1) is 12.8 Å². The Balaban J connectivity index is 1.78. The van der Waals surface area contributed by atoms with E-state index in [1.54, 1.807) is 35.5 Å². The molecule has 2 aromatic heterocycles. The summed E-state index contributed by atoms with van der Waals surface area (Å²) in [5, 5.41) is 1.78.